The number of nitrogens with two attached hydrogens (primary N) is 1. The van der Waals surface area contributed by atoms with Crippen LogP contribution in [-0.2, 0) is 4.79 Å². The highest BCUT2D eigenvalue weighted by molar-refractivity contribution is 5.77. The Balaban J connectivity index is 2.18. The number of amides is 1. The first-order valence-corrected chi connectivity index (χ1v) is 6.88. The minimum atomic E-state index is -0.209. The molecular formula is C14H22N4O. The first kappa shape index (κ1) is 13.6. The number of piperidine rings is 1. The highest BCUT2D eigenvalue weighted by Crippen LogP contribution is 2.26. The molecule has 2 atom stereocenters. The fraction of sp³-hybridized carbons (Fsp3) is 0.571. The lowest BCUT2D eigenvalue weighted by atomic mass is 9.93. The Kier molecular flexibility index (Phi) is 4.24. The Hall–Kier alpha value is -1.78. The molecular weight excluding hydrogens is 240 g/mol. The topological polar surface area (TPSA) is 71.2 Å². The number of rotatable bonds is 4. The van der Waals surface area contributed by atoms with E-state index in [0.717, 1.165) is 31.0 Å². The molecule has 3 N–H and O–H groups in total. The van der Waals surface area contributed by atoms with Crippen molar-refractivity contribution in [2.45, 2.75) is 32.7 Å². The van der Waals surface area contributed by atoms with Crippen molar-refractivity contribution in [1.29, 1.82) is 0 Å². The van der Waals surface area contributed by atoms with Gasteiger partial charge < -0.3 is 16.0 Å². The van der Waals surface area contributed by atoms with Crippen molar-refractivity contribution in [1.82, 2.24) is 4.98 Å². The molecule has 5 nitrogen and oxygen atoms in total. The summed E-state index contributed by atoms with van der Waals surface area (Å²) in [5.41, 5.74) is 5.43. The van der Waals surface area contributed by atoms with Crippen LogP contribution >= 0.6 is 0 Å². The Morgan fingerprint density at radius 3 is 3.00 bits per heavy atom. The van der Waals surface area contributed by atoms with Gasteiger partial charge in [-0.25, -0.2) is 4.98 Å². The molecule has 1 aromatic heterocycles. The predicted octanol–water partition coefficient (Wildman–Crippen LogP) is 1.60. The largest absolute Gasteiger partial charge is 0.370 e. The molecule has 1 amide bonds. The molecule has 2 heterocycles. The summed E-state index contributed by atoms with van der Waals surface area (Å²) in [7, 11) is 0. The lowest BCUT2D eigenvalue weighted by Crippen LogP contribution is -2.46. The quantitative estimate of drug-likeness (QED) is 0.864. The van der Waals surface area contributed by atoms with Gasteiger partial charge in [0.2, 0.25) is 5.91 Å². The Morgan fingerprint density at radius 1 is 1.53 bits per heavy atom. The van der Waals surface area contributed by atoms with Crippen molar-refractivity contribution >= 4 is 17.5 Å². The molecule has 1 aliphatic heterocycles. The number of nitrogens with one attached hydrogen (secondary N) is 1. The number of anilines is 2. The van der Waals surface area contributed by atoms with E-state index in [1.54, 1.807) is 0 Å². The maximum absolute atomic E-state index is 11.4. The van der Waals surface area contributed by atoms with Crippen molar-refractivity contribution in [2.75, 3.05) is 23.3 Å². The van der Waals surface area contributed by atoms with E-state index in [-0.39, 0.29) is 11.8 Å². The van der Waals surface area contributed by atoms with Crippen LogP contribution in [0.15, 0.2) is 18.2 Å². The van der Waals surface area contributed by atoms with Crippen LogP contribution in [0.2, 0.25) is 0 Å². The van der Waals surface area contributed by atoms with Gasteiger partial charge in [-0.3, -0.25) is 4.79 Å². The third-order valence-corrected chi connectivity index (χ3v) is 3.67. The summed E-state index contributed by atoms with van der Waals surface area (Å²) in [4.78, 5) is 18.1. The summed E-state index contributed by atoms with van der Waals surface area (Å²) >= 11 is 0. The van der Waals surface area contributed by atoms with E-state index < -0.39 is 0 Å². The molecule has 2 rings (SSSR count). The molecule has 2 unspecified atom stereocenters. The Bertz CT molecular complexity index is 449. The summed E-state index contributed by atoms with van der Waals surface area (Å²) in [6.07, 6.45) is 1.85. The van der Waals surface area contributed by atoms with Gasteiger partial charge in [0.05, 0.1) is 5.92 Å². The first-order valence-electron chi connectivity index (χ1n) is 6.88. The van der Waals surface area contributed by atoms with Gasteiger partial charge in [0.15, 0.2) is 0 Å². The predicted molar refractivity (Wildman–Crippen MR) is 77.1 cm³/mol. The fourth-order valence-electron chi connectivity index (χ4n) is 2.52. The molecule has 5 heteroatoms. The molecule has 19 heavy (non-hydrogen) atoms. The average Bonchev–Trinajstić information content (AvgIpc) is 2.39. The zero-order valence-electron chi connectivity index (χ0n) is 11.6. The maximum atomic E-state index is 11.4. The minimum Gasteiger partial charge on any atom is -0.370 e. The van der Waals surface area contributed by atoms with Crippen molar-refractivity contribution in [2.24, 2.45) is 11.7 Å². The van der Waals surface area contributed by atoms with Gasteiger partial charge in [-0.15, -0.1) is 0 Å². The summed E-state index contributed by atoms with van der Waals surface area (Å²) < 4.78 is 0. The number of aromatic nitrogens is 1. The second-order valence-corrected chi connectivity index (χ2v) is 5.09. The summed E-state index contributed by atoms with van der Waals surface area (Å²) in [6, 6.07) is 6.31. The summed E-state index contributed by atoms with van der Waals surface area (Å²) in [6.45, 7) is 5.72. The van der Waals surface area contributed by atoms with Crippen molar-refractivity contribution in [3.63, 3.8) is 0 Å². The van der Waals surface area contributed by atoms with E-state index in [2.05, 4.69) is 22.1 Å². The number of primary amides is 1. The van der Waals surface area contributed by atoms with E-state index in [1.807, 2.05) is 25.1 Å². The van der Waals surface area contributed by atoms with Gasteiger partial charge in [-0.1, -0.05) is 6.07 Å². The number of nitrogens with zero attached hydrogens (tertiary/aromatic N) is 2. The monoisotopic (exact) mass is 262 g/mol. The number of carbonyl (C=O) groups is 1. The maximum Gasteiger partial charge on any atom is 0.222 e. The van der Waals surface area contributed by atoms with E-state index in [4.69, 9.17) is 5.73 Å². The fourth-order valence-corrected chi connectivity index (χ4v) is 2.52. The second-order valence-electron chi connectivity index (χ2n) is 5.09. The molecule has 1 aliphatic rings. The molecule has 0 saturated carbocycles. The lowest BCUT2D eigenvalue weighted by molar-refractivity contribution is -0.122. The van der Waals surface area contributed by atoms with Gasteiger partial charge in [-0.05, 0) is 38.8 Å². The molecule has 104 valence electrons. The first-order chi connectivity index (χ1) is 9.11. The third kappa shape index (κ3) is 3.16. The number of hydrogen-bond donors (Lipinski definition) is 2. The van der Waals surface area contributed by atoms with E-state index in [0.29, 0.717) is 12.6 Å². The zero-order valence-corrected chi connectivity index (χ0v) is 11.6. The molecule has 0 aromatic carbocycles. The van der Waals surface area contributed by atoms with Crippen molar-refractivity contribution in [3.8, 4) is 0 Å². The minimum absolute atomic E-state index is 0.0687. The number of pyridine rings is 1. The highest BCUT2D eigenvalue weighted by atomic mass is 16.1. The summed E-state index contributed by atoms with van der Waals surface area (Å²) in [5.74, 6) is 1.51. The lowest BCUT2D eigenvalue weighted by Gasteiger charge is -2.37. The van der Waals surface area contributed by atoms with E-state index >= 15 is 0 Å². The van der Waals surface area contributed by atoms with Crippen molar-refractivity contribution < 1.29 is 4.79 Å². The standard InChI is InChI=1S/C14H22N4O/c1-3-16-12-5-4-6-13(17-12)18-9-11(14(15)19)8-7-10(18)2/h4-6,10-11H,3,7-9H2,1-2H3,(H2,15,19)(H,16,17). The van der Waals surface area contributed by atoms with Gasteiger partial charge in [-0.2, -0.15) is 0 Å². The van der Waals surface area contributed by atoms with Crippen LogP contribution in [0.5, 0.6) is 0 Å². The van der Waals surface area contributed by atoms with E-state index in [1.165, 1.54) is 0 Å². The van der Waals surface area contributed by atoms with Gasteiger partial charge >= 0.3 is 0 Å². The summed E-state index contributed by atoms with van der Waals surface area (Å²) in [5, 5.41) is 3.21. The van der Waals surface area contributed by atoms with E-state index in [9.17, 15) is 4.79 Å². The molecule has 1 fully saturated rings. The van der Waals surface area contributed by atoms with Crippen LogP contribution in [0.4, 0.5) is 11.6 Å². The number of hydrogen-bond acceptors (Lipinski definition) is 4. The molecule has 0 spiro atoms. The smallest absolute Gasteiger partial charge is 0.222 e. The van der Waals surface area contributed by atoms with Crippen LogP contribution in [0.1, 0.15) is 26.7 Å². The van der Waals surface area contributed by atoms with Gasteiger partial charge in [0, 0.05) is 19.1 Å². The molecule has 0 radical (unpaired) electrons. The second kappa shape index (κ2) is 5.91. The average molecular weight is 262 g/mol. The van der Waals surface area contributed by atoms with Crippen molar-refractivity contribution in [3.05, 3.63) is 18.2 Å². The zero-order chi connectivity index (χ0) is 13.8. The SMILES string of the molecule is CCNc1cccc(N2CC(C(N)=O)CCC2C)n1. The van der Waals surface area contributed by atoms with Crippen LogP contribution in [0.25, 0.3) is 0 Å². The van der Waals surface area contributed by atoms with Gasteiger partial charge in [0.25, 0.3) is 0 Å². The van der Waals surface area contributed by atoms with Gasteiger partial charge in [0.1, 0.15) is 11.6 Å². The Morgan fingerprint density at radius 2 is 2.32 bits per heavy atom. The molecule has 1 saturated heterocycles. The Labute approximate surface area is 114 Å². The van der Waals surface area contributed by atoms with Crippen LogP contribution < -0.4 is 16.0 Å². The molecule has 1 aromatic rings. The molecule has 0 bridgehead atoms. The molecule has 0 aliphatic carbocycles. The van der Waals surface area contributed by atoms with Crippen LogP contribution in [0, 0.1) is 5.92 Å². The van der Waals surface area contributed by atoms with Crippen LogP contribution in [-0.4, -0.2) is 30.0 Å². The normalized spacial score (nSPS) is 23.2. The number of carbonyl (C=O) groups excluding carboxylic acids is 1. The highest BCUT2D eigenvalue weighted by Gasteiger charge is 2.29. The van der Waals surface area contributed by atoms with Crippen LogP contribution in [0.3, 0.4) is 0 Å². The third-order valence-electron chi connectivity index (χ3n) is 3.67.